The third kappa shape index (κ3) is 2.82. The van der Waals surface area contributed by atoms with Gasteiger partial charge in [0.2, 0.25) is 5.91 Å². The quantitative estimate of drug-likeness (QED) is 0.728. The first kappa shape index (κ1) is 12.2. The highest BCUT2D eigenvalue weighted by Gasteiger charge is 2.13. The molecule has 16 heavy (non-hydrogen) atoms. The van der Waals surface area contributed by atoms with Crippen LogP contribution >= 0.6 is 0 Å². The predicted octanol–water partition coefficient (Wildman–Crippen LogP) is -0.0672. The summed E-state index contributed by atoms with van der Waals surface area (Å²) in [6.07, 6.45) is 3.11. The van der Waals surface area contributed by atoms with Crippen LogP contribution in [0.15, 0.2) is 6.33 Å². The molecule has 1 aromatic heterocycles. The molecule has 6 nitrogen and oxygen atoms in total. The molecule has 0 aliphatic heterocycles. The Balaban J connectivity index is 3.01. The van der Waals surface area contributed by atoms with E-state index in [1.54, 1.807) is 11.9 Å². The zero-order valence-electron chi connectivity index (χ0n) is 9.60. The Hall–Kier alpha value is -1.85. The van der Waals surface area contributed by atoms with Crippen molar-refractivity contribution in [1.82, 2.24) is 9.97 Å². The van der Waals surface area contributed by atoms with Crippen LogP contribution in [0.1, 0.15) is 18.9 Å². The molecule has 0 spiro atoms. The fourth-order valence-corrected chi connectivity index (χ4v) is 1.54. The molecule has 0 fully saturated rings. The third-order valence-electron chi connectivity index (χ3n) is 2.21. The molecule has 0 radical (unpaired) electrons. The van der Waals surface area contributed by atoms with E-state index in [-0.39, 0.29) is 6.54 Å². The molecule has 0 aliphatic carbocycles. The molecule has 1 amide bonds. The molecular formula is C10H17N5O. The number of primary amides is 1. The van der Waals surface area contributed by atoms with Crippen molar-refractivity contribution < 1.29 is 4.79 Å². The van der Waals surface area contributed by atoms with Crippen LogP contribution in [0.5, 0.6) is 0 Å². The summed E-state index contributed by atoms with van der Waals surface area (Å²) in [6, 6.07) is 0. The standard InChI is InChI=1S/C10H17N5O/c1-3-4-7-9(12)13-6-14-10(7)15(2)5-8(11)16/h6H,3-5H2,1-2H3,(H2,11,16)(H2,12,13,14). The summed E-state index contributed by atoms with van der Waals surface area (Å²) in [6.45, 7) is 2.16. The van der Waals surface area contributed by atoms with Gasteiger partial charge in [-0.25, -0.2) is 9.97 Å². The Morgan fingerprint density at radius 1 is 1.50 bits per heavy atom. The topological polar surface area (TPSA) is 98.1 Å². The van der Waals surface area contributed by atoms with E-state index in [9.17, 15) is 4.79 Å². The summed E-state index contributed by atoms with van der Waals surface area (Å²) in [5.74, 6) is 0.735. The predicted molar refractivity (Wildman–Crippen MR) is 62.9 cm³/mol. The summed E-state index contributed by atoms with van der Waals surface area (Å²) in [4.78, 5) is 20.6. The second-order valence-corrected chi connectivity index (χ2v) is 3.63. The lowest BCUT2D eigenvalue weighted by atomic mass is 10.1. The van der Waals surface area contributed by atoms with Gasteiger partial charge in [-0.2, -0.15) is 0 Å². The molecule has 0 atom stereocenters. The van der Waals surface area contributed by atoms with Crippen LogP contribution in [0, 0.1) is 0 Å². The zero-order chi connectivity index (χ0) is 12.1. The molecule has 1 rings (SSSR count). The van der Waals surface area contributed by atoms with E-state index in [1.807, 2.05) is 6.92 Å². The molecule has 1 heterocycles. The fourth-order valence-electron chi connectivity index (χ4n) is 1.54. The minimum atomic E-state index is -0.401. The van der Waals surface area contributed by atoms with E-state index in [0.717, 1.165) is 18.4 Å². The minimum absolute atomic E-state index is 0.118. The van der Waals surface area contributed by atoms with E-state index in [2.05, 4.69) is 9.97 Å². The number of anilines is 2. The number of rotatable bonds is 5. The van der Waals surface area contributed by atoms with E-state index in [4.69, 9.17) is 11.5 Å². The number of amides is 1. The summed E-state index contributed by atoms with van der Waals surface area (Å²) >= 11 is 0. The van der Waals surface area contributed by atoms with Gasteiger partial charge in [-0.1, -0.05) is 13.3 Å². The molecule has 4 N–H and O–H groups in total. The van der Waals surface area contributed by atoms with Crippen molar-refractivity contribution in [2.75, 3.05) is 24.2 Å². The van der Waals surface area contributed by atoms with Gasteiger partial charge in [0.15, 0.2) is 0 Å². The van der Waals surface area contributed by atoms with E-state index < -0.39 is 5.91 Å². The second-order valence-electron chi connectivity index (χ2n) is 3.63. The van der Waals surface area contributed by atoms with Crippen LogP contribution in [0.2, 0.25) is 0 Å². The largest absolute Gasteiger partial charge is 0.383 e. The summed E-state index contributed by atoms with van der Waals surface area (Å²) in [5, 5.41) is 0. The minimum Gasteiger partial charge on any atom is -0.383 e. The number of hydrogen-bond acceptors (Lipinski definition) is 5. The van der Waals surface area contributed by atoms with Gasteiger partial charge in [0.25, 0.3) is 0 Å². The van der Waals surface area contributed by atoms with Gasteiger partial charge in [0, 0.05) is 12.6 Å². The first-order valence-corrected chi connectivity index (χ1v) is 5.15. The molecule has 0 unspecified atom stereocenters. The van der Waals surface area contributed by atoms with Crippen molar-refractivity contribution in [3.05, 3.63) is 11.9 Å². The first-order chi connectivity index (χ1) is 7.56. The van der Waals surface area contributed by atoms with Crippen molar-refractivity contribution in [3.8, 4) is 0 Å². The third-order valence-corrected chi connectivity index (χ3v) is 2.21. The second kappa shape index (κ2) is 5.29. The monoisotopic (exact) mass is 223 g/mol. The van der Waals surface area contributed by atoms with Crippen LogP contribution in [-0.2, 0) is 11.2 Å². The number of carbonyl (C=O) groups excluding carboxylic acids is 1. The fraction of sp³-hybridized carbons (Fsp3) is 0.500. The Morgan fingerprint density at radius 2 is 2.19 bits per heavy atom. The maximum absolute atomic E-state index is 10.8. The average Bonchev–Trinajstić information content (AvgIpc) is 2.20. The van der Waals surface area contributed by atoms with E-state index in [0.29, 0.717) is 11.6 Å². The Kier molecular flexibility index (Phi) is 4.04. The number of carbonyl (C=O) groups is 1. The van der Waals surface area contributed by atoms with E-state index >= 15 is 0 Å². The highest BCUT2D eigenvalue weighted by Crippen LogP contribution is 2.21. The highest BCUT2D eigenvalue weighted by molar-refractivity contribution is 5.79. The van der Waals surface area contributed by atoms with Gasteiger partial charge >= 0.3 is 0 Å². The zero-order valence-corrected chi connectivity index (χ0v) is 9.60. The molecule has 0 bridgehead atoms. The Morgan fingerprint density at radius 3 is 2.75 bits per heavy atom. The van der Waals surface area contributed by atoms with Gasteiger partial charge in [-0.05, 0) is 6.42 Å². The Bertz CT molecular complexity index is 379. The number of likely N-dealkylation sites (N-methyl/N-ethyl adjacent to an activating group) is 1. The maximum Gasteiger partial charge on any atom is 0.236 e. The highest BCUT2D eigenvalue weighted by atomic mass is 16.1. The number of aromatic nitrogens is 2. The van der Waals surface area contributed by atoms with Crippen LogP contribution < -0.4 is 16.4 Å². The summed E-state index contributed by atoms with van der Waals surface area (Å²) in [5.41, 5.74) is 11.8. The Labute approximate surface area is 94.7 Å². The van der Waals surface area contributed by atoms with E-state index in [1.165, 1.54) is 6.33 Å². The van der Waals surface area contributed by atoms with Crippen molar-refractivity contribution in [3.63, 3.8) is 0 Å². The van der Waals surface area contributed by atoms with Crippen LogP contribution in [0.4, 0.5) is 11.6 Å². The normalized spacial score (nSPS) is 10.1. The van der Waals surface area contributed by atoms with Gasteiger partial charge in [0.1, 0.15) is 18.0 Å². The first-order valence-electron chi connectivity index (χ1n) is 5.15. The van der Waals surface area contributed by atoms with Crippen LogP contribution in [-0.4, -0.2) is 29.5 Å². The molecule has 0 aliphatic rings. The average molecular weight is 223 g/mol. The lowest BCUT2D eigenvalue weighted by Crippen LogP contribution is -2.32. The molecule has 6 heteroatoms. The SMILES string of the molecule is CCCc1c(N)ncnc1N(C)CC(N)=O. The number of nitrogens with two attached hydrogens (primary N) is 2. The van der Waals surface area contributed by atoms with Gasteiger partial charge < -0.3 is 16.4 Å². The molecule has 1 aromatic rings. The molecule has 0 saturated carbocycles. The van der Waals surface area contributed by atoms with Crippen molar-refractivity contribution >= 4 is 17.5 Å². The van der Waals surface area contributed by atoms with Gasteiger partial charge in [-0.15, -0.1) is 0 Å². The van der Waals surface area contributed by atoms with Crippen molar-refractivity contribution in [1.29, 1.82) is 0 Å². The lowest BCUT2D eigenvalue weighted by Gasteiger charge is -2.19. The summed E-state index contributed by atoms with van der Waals surface area (Å²) < 4.78 is 0. The molecular weight excluding hydrogens is 206 g/mol. The van der Waals surface area contributed by atoms with Gasteiger partial charge in [-0.3, -0.25) is 4.79 Å². The number of nitrogens with zero attached hydrogens (tertiary/aromatic N) is 3. The molecule has 0 saturated heterocycles. The lowest BCUT2D eigenvalue weighted by molar-refractivity contribution is -0.116. The van der Waals surface area contributed by atoms with Gasteiger partial charge in [0.05, 0.1) is 6.54 Å². The van der Waals surface area contributed by atoms with Crippen molar-refractivity contribution in [2.24, 2.45) is 5.73 Å². The smallest absolute Gasteiger partial charge is 0.236 e. The van der Waals surface area contributed by atoms with Crippen molar-refractivity contribution in [2.45, 2.75) is 19.8 Å². The maximum atomic E-state index is 10.8. The summed E-state index contributed by atoms with van der Waals surface area (Å²) in [7, 11) is 1.76. The van der Waals surface area contributed by atoms with Crippen LogP contribution in [0.3, 0.4) is 0 Å². The molecule has 88 valence electrons. The number of hydrogen-bond donors (Lipinski definition) is 2. The molecule has 0 aromatic carbocycles. The van der Waals surface area contributed by atoms with Crippen LogP contribution in [0.25, 0.3) is 0 Å². The number of nitrogen functional groups attached to an aromatic ring is 1.